The van der Waals surface area contributed by atoms with Crippen molar-refractivity contribution in [2.45, 2.75) is 19.5 Å². The largest absolute Gasteiger partial charge is 0.299 e. The maximum Gasteiger partial charge on any atom is 0.100 e. The molecule has 4 aromatic rings. The first-order chi connectivity index (χ1) is 12.6. The summed E-state index contributed by atoms with van der Waals surface area (Å²) < 4.78 is 3.94. The molecule has 0 spiro atoms. The number of para-hydroxylation sites is 2. The van der Waals surface area contributed by atoms with Crippen molar-refractivity contribution in [2.24, 2.45) is 7.05 Å². The highest BCUT2D eigenvalue weighted by atomic mass is 15.4. The first-order valence-electron chi connectivity index (χ1n) is 8.69. The summed E-state index contributed by atoms with van der Waals surface area (Å²) in [6.45, 7) is 3.02. The van der Waals surface area contributed by atoms with Crippen LogP contribution in [0.15, 0.2) is 61.1 Å². The lowest BCUT2D eigenvalue weighted by Crippen LogP contribution is -2.23. The molecule has 2 aromatic heterocycles. The van der Waals surface area contributed by atoms with Gasteiger partial charge in [-0.3, -0.25) is 14.1 Å². The van der Waals surface area contributed by atoms with Crippen molar-refractivity contribution in [1.82, 2.24) is 29.4 Å². The average Bonchev–Trinajstić information content (AvgIpc) is 3.28. The van der Waals surface area contributed by atoms with Gasteiger partial charge in [-0.15, -0.1) is 5.10 Å². The molecule has 6 heteroatoms. The van der Waals surface area contributed by atoms with Crippen LogP contribution in [0.2, 0.25) is 0 Å². The van der Waals surface area contributed by atoms with Crippen molar-refractivity contribution < 1.29 is 0 Å². The van der Waals surface area contributed by atoms with Crippen molar-refractivity contribution >= 4 is 11.0 Å². The lowest BCUT2D eigenvalue weighted by atomic mass is 10.1. The highest BCUT2D eigenvalue weighted by Gasteiger charge is 2.14. The van der Waals surface area contributed by atoms with Crippen molar-refractivity contribution in [1.29, 1.82) is 0 Å². The second-order valence-electron chi connectivity index (χ2n) is 6.63. The molecule has 0 aliphatic rings. The molecule has 0 aliphatic carbocycles. The van der Waals surface area contributed by atoms with E-state index in [0.717, 1.165) is 29.0 Å². The maximum absolute atomic E-state index is 4.47. The van der Waals surface area contributed by atoms with Crippen molar-refractivity contribution in [3.05, 3.63) is 72.3 Å². The minimum absolute atomic E-state index is 0.290. The number of benzene rings is 2. The number of nitrogens with zero attached hydrogens (tertiary/aromatic N) is 6. The van der Waals surface area contributed by atoms with E-state index in [4.69, 9.17) is 0 Å². The monoisotopic (exact) mass is 346 g/mol. The van der Waals surface area contributed by atoms with Gasteiger partial charge in [0.05, 0.1) is 22.9 Å². The maximum atomic E-state index is 4.47. The third-order valence-corrected chi connectivity index (χ3v) is 4.99. The summed E-state index contributed by atoms with van der Waals surface area (Å²) in [6.07, 6.45) is 3.70. The Labute approximate surface area is 152 Å². The number of rotatable bonds is 5. The molecule has 0 radical (unpaired) electrons. The van der Waals surface area contributed by atoms with Crippen LogP contribution in [0.4, 0.5) is 0 Å². The summed E-state index contributed by atoms with van der Waals surface area (Å²) in [7, 11) is 4.04. The minimum atomic E-state index is 0.290. The van der Waals surface area contributed by atoms with E-state index in [0.29, 0.717) is 6.04 Å². The first kappa shape index (κ1) is 16.5. The lowest BCUT2D eigenvalue weighted by Gasteiger charge is -2.25. The summed E-state index contributed by atoms with van der Waals surface area (Å²) in [4.78, 5) is 6.76. The van der Waals surface area contributed by atoms with Crippen LogP contribution < -0.4 is 0 Å². The van der Waals surface area contributed by atoms with Crippen LogP contribution in [0.1, 0.15) is 24.2 Å². The summed E-state index contributed by atoms with van der Waals surface area (Å²) in [5.41, 5.74) is 5.62. The van der Waals surface area contributed by atoms with Crippen LogP contribution >= 0.6 is 0 Å². The molecule has 0 N–H and O–H groups in total. The SMILES string of the molecule is CC(c1ccc(-n2cnc3ccccc32)cc1)N(C)Cc1cnnn1C. The molecular formula is C20H22N6. The summed E-state index contributed by atoms with van der Waals surface area (Å²) in [6, 6.07) is 17.1. The predicted molar refractivity (Wildman–Crippen MR) is 102 cm³/mol. The molecule has 132 valence electrons. The molecule has 0 aliphatic heterocycles. The number of hydrogen-bond donors (Lipinski definition) is 0. The van der Waals surface area contributed by atoms with Gasteiger partial charge in [-0.2, -0.15) is 0 Å². The number of aryl methyl sites for hydroxylation is 1. The Hall–Kier alpha value is -2.99. The Morgan fingerprint density at radius 3 is 2.58 bits per heavy atom. The van der Waals surface area contributed by atoms with E-state index >= 15 is 0 Å². The molecule has 0 saturated carbocycles. The Morgan fingerprint density at radius 2 is 1.85 bits per heavy atom. The third kappa shape index (κ3) is 2.99. The second kappa shape index (κ2) is 6.72. The lowest BCUT2D eigenvalue weighted by molar-refractivity contribution is 0.246. The van der Waals surface area contributed by atoms with Gasteiger partial charge in [0.1, 0.15) is 6.33 Å². The van der Waals surface area contributed by atoms with Crippen LogP contribution in [0.25, 0.3) is 16.7 Å². The van der Waals surface area contributed by atoms with Gasteiger partial charge in [-0.25, -0.2) is 4.98 Å². The highest BCUT2D eigenvalue weighted by Crippen LogP contribution is 2.23. The third-order valence-electron chi connectivity index (χ3n) is 4.99. The molecule has 0 bridgehead atoms. The van der Waals surface area contributed by atoms with Crippen molar-refractivity contribution in [2.75, 3.05) is 7.05 Å². The molecule has 1 unspecified atom stereocenters. The van der Waals surface area contributed by atoms with Crippen LogP contribution in [0, 0.1) is 0 Å². The Morgan fingerprint density at radius 1 is 1.08 bits per heavy atom. The Balaban J connectivity index is 1.54. The molecule has 6 nitrogen and oxygen atoms in total. The molecule has 4 rings (SSSR count). The Bertz CT molecular complexity index is 1010. The molecule has 26 heavy (non-hydrogen) atoms. The first-order valence-corrected chi connectivity index (χ1v) is 8.69. The fourth-order valence-electron chi connectivity index (χ4n) is 3.18. The average molecular weight is 346 g/mol. The van der Waals surface area contributed by atoms with E-state index in [1.165, 1.54) is 5.56 Å². The molecule has 1 atom stereocenters. The van der Waals surface area contributed by atoms with Gasteiger partial charge in [0.15, 0.2) is 0 Å². The minimum Gasteiger partial charge on any atom is -0.299 e. The van der Waals surface area contributed by atoms with E-state index in [9.17, 15) is 0 Å². The molecule has 0 fully saturated rings. The van der Waals surface area contributed by atoms with Crippen LogP contribution in [-0.4, -0.2) is 36.5 Å². The predicted octanol–water partition coefficient (Wildman–Crippen LogP) is 3.35. The van der Waals surface area contributed by atoms with Crippen LogP contribution in [0.3, 0.4) is 0 Å². The van der Waals surface area contributed by atoms with Crippen LogP contribution in [-0.2, 0) is 13.6 Å². The zero-order valence-corrected chi connectivity index (χ0v) is 15.2. The quantitative estimate of drug-likeness (QED) is 0.556. The Kier molecular flexibility index (Phi) is 4.26. The van der Waals surface area contributed by atoms with Gasteiger partial charge in [0.25, 0.3) is 0 Å². The molecule has 2 aromatic carbocycles. The van der Waals surface area contributed by atoms with E-state index in [-0.39, 0.29) is 0 Å². The van der Waals surface area contributed by atoms with Crippen molar-refractivity contribution in [3.8, 4) is 5.69 Å². The van der Waals surface area contributed by atoms with Gasteiger partial charge >= 0.3 is 0 Å². The number of fused-ring (bicyclic) bond motifs is 1. The summed E-state index contributed by atoms with van der Waals surface area (Å²) in [5.74, 6) is 0. The topological polar surface area (TPSA) is 51.8 Å². The zero-order valence-electron chi connectivity index (χ0n) is 15.2. The second-order valence-corrected chi connectivity index (χ2v) is 6.63. The molecule has 0 amide bonds. The van der Waals surface area contributed by atoms with Crippen LogP contribution in [0.5, 0.6) is 0 Å². The number of imidazole rings is 1. The molecule has 0 saturated heterocycles. The zero-order chi connectivity index (χ0) is 18.1. The van der Waals surface area contributed by atoms with Gasteiger partial charge in [0.2, 0.25) is 0 Å². The molecule has 2 heterocycles. The van der Waals surface area contributed by atoms with E-state index in [1.807, 2.05) is 42.5 Å². The highest BCUT2D eigenvalue weighted by molar-refractivity contribution is 5.77. The van der Waals surface area contributed by atoms with E-state index in [2.05, 4.69) is 69.1 Å². The fourth-order valence-corrected chi connectivity index (χ4v) is 3.18. The van der Waals surface area contributed by atoms with Crippen molar-refractivity contribution in [3.63, 3.8) is 0 Å². The van der Waals surface area contributed by atoms with Gasteiger partial charge in [-0.05, 0) is 43.8 Å². The van der Waals surface area contributed by atoms with Gasteiger partial charge in [0, 0.05) is 25.3 Å². The fraction of sp³-hybridized carbons (Fsp3) is 0.250. The summed E-state index contributed by atoms with van der Waals surface area (Å²) in [5, 5.41) is 7.95. The standard InChI is InChI=1S/C20H22N6/c1-15(24(2)13-18-12-22-23-25(18)3)16-8-10-17(11-9-16)26-14-21-19-6-4-5-7-20(19)26/h4-12,14-15H,13H2,1-3H3. The smallest absolute Gasteiger partial charge is 0.100 e. The van der Waals surface area contributed by atoms with E-state index < -0.39 is 0 Å². The number of hydrogen-bond acceptors (Lipinski definition) is 4. The van der Waals surface area contributed by atoms with E-state index in [1.54, 1.807) is 0 Å². The number of aromatic nitrogens is 5. The van der Waals surface area contributed by atoms with Gasteiger partial charge in [-0.1, -0.05) is 29.5 Å². The normalized spacial score (nSPS) is 12.8. The summed E-state index contributed by atoms with van der Waals surface area (Å²) >= 11 is 0. The molecular weight excluding hydrogens is 324 g/mol. The van der Waals surface area contributed by atoms with Gasteiger partial charge < -0.3 is 0 Å².